The third-order valence-electron chi connectivity index (χ3n) is 6.88. The fourth-order valence-electron chi connectivity index (χ4n) is 5.08. The summed E-state index contributed by atoms with van der Waals surface area (Å²) in [5.41, 5.74) is 1.86. The quantitative estimate of drug-likeness (QED) is 0.522. The largest absolute Gasteiger partial charge is 0.609 e. The summed E-state index contributed by atoms with van der Waals surface area (Å²) in [4.78, 5) is 17.1. The molecule has 0 bridgehead atoms. The number of nitrogens with one attached hydrogen (secondary N) is 1. The van der Waals surface area contributed by atoms with E-state index in [1.165, 1.54) is 0 Å². The number of aromatic nitrogens is 1. The highest BCUT2D eigenvalue weighted by atomic mass is 35.5. The van der Waals surface area contributed by atoms with Gasteiger partial charge in [0.25, 0.3) is 5.91 Å². The summed E-state index contributed by atoms with van der Waals surface area (Å²) in [5, 5.41) is 4.12. The Morgan fingerprint density at radius 2 is 2.00 bits per heavy atom. The van der Waals surface area contributed by atoms with Crippen molar-refractivity contribution in [3.63, 3.8) is 0 Å². The molecule has 0 saturated heterocycles. The lowest BCUT2D eigenvalue weighted by atomic mass is 9.50. The molecular weight excluding hydrogens is 436 g/mol. The van der Waals surface area contributed by atoms with Crippen LogP contribution in [0.15, 0.2) is 44.3 Å². The van der Waals surface area contributed by atoms with E-state index in [0.717, 1.165) is 55.5 Å². The zero-order valence-corrected chi connectivity index (χ0v) is 18.5. The number of hydrogen-bond acceptors (Lipinski definition) is 5. The van der Waals surface area contributed by atoms with Crippen molar-refractivity contribution in [2.24, 2.45) is 11.3 Å². The van der Waals surface area contributed by atoms with Gasteiger partial charge in [0, 0.05) is 40.1 Å². The lowest BCUT2D eigenvalue weighted by molar-refractivity contribution is -0.0256. The molecule has 3 aromatic rings. The van der Waals surface area contributed by atoms with Crippen molar-refractivity contribution in [1.82, 2.24) is 10.3 Å². The van der Waals surface area contributed by atoms with Crippen LogP contribution < -0.4 is 5.32 Å². The predicted octanol–water partition coefficient (Wildman–Crippen LogP) is 5.05. The van der Waals surface area contributed by atoms with Gasteiger partial charge < -0.3 is 18.7 Å². The number of oxazole rings is 1. The van der Waals surface area contributed by atoms with Gasteiger partial charge in [0.1, 0.15) is 11.3 Å². The van der Waals surface area contributed by atoms with Gasteiger partial charge >= 0.3 is 5.09 Å². The van der Waals surface area contributed by atoms with Gasteiger partial charge in [-0.3, -0.25) is 4.79 Å². The van der Waals surface area contributed by atoms with E-state index >= 15 is 0 Å². The number of amides is 1. The summed E-state index contributed by atoms with van der Waals surface area (Å²) in [6.07, 6.45) is 6.27. The second-order valence-electron chi connectivity index (χ2n) is 9.42. The number of carbonyl (C=O) groups excluding carboxylic acids is 1. The first-order valence-electron chi connectivity index (χ1n) is 10.8. The van der Waals surface area contributed by atoms with Crippen LogP contribution in [0.1, 0.15) is 60.9 Å². The van der Waals surface area contributed by atoms with Crippen molar-refractivity contribution in [2.75, 3.05) is 5.75 Å². The highest BCUT2D eigenvalue weighted by molar-refractivity contribution is 7.91. The van der Waals surface area contributed by atoms with Crippen molar-refractivity contribution in [3.8, 4) is 0 Å². The van der Waals surface area contributed by atoms with Gasteiger partial charge in [-0.05, 0) is 68.2 Å². The van der Waals surface area contributed by atoms with Crippen molar-refractivity contribution in [2.45, 2.75) is 55.6 Å². The van der Waals surface area contributed by atoms with E-state index in [-0.39, 0.29) is 23.1 Å². The van der Waals surface area contributed by atoms with Crippen molar-refractivity contribution >= 4 is 39.8 Å². The van der Waals surface area contributed by atoms with Crippen molar-refractivity contribution in [3.05, 3.63) is 47.0 Å². The second kappa shape index (κ2) is 7.29. The minimum atomic E-state index is -1.15. The molecule has 8 heteroatoms. The average molecular weight is 459 g/mol. The Morgan fingerprint density at radius 1 is 1.19 bits per heavy atom. The van der Waals surface area contributed by atoms with Gasteiger partial charge in [-0.15, -0.1) is 0 Å². The molecule has 31 heavy (non-hydrogen) atoms. The normalized spacial score (nSPS) is 28.3. The predicted molar refractivity (Wildman–Crippen MR) is 117 cm³/mol. The van der Waals surface area contributed by atoms with Gasteiger partial charge in [-0.25, -0.2) is 4.98 Å². The van der Waals surface area contributed by atoms with Crippen LogP contribution in [0.4, 0.5) is 0 Å². The number of fused-ring (bicyclic) bond motifs is 1. The molecule has 2 aromatic heterocycles. The standard InChI is InChI=1S/C23H23ClN2O4S/c24-15-3-4-18-17(7-15)26-22(30-18)14-8-23(9-14)10-16(11-23)25-21(27)19-5-6-20(29-19)31(28)12-13-1-2-13/h3-7,13-14,16H,1-2,8-12H2,(H,25,27)/t14-,16-,23?,31-/m1/s1. The average Bonchev–Trinajstić information content (AvgIpc) is 3.20. The van der Waals surface area contributed by atoms with Crippen LogP contribution in [0.25, 0.3) is 11.1 Å². The summed E-state index contributed by atoms with van der Waals surface area (Å²) < 4.78 is 23.7. The van der Waals surface area contributed by atoms with E-state index in [4.69, 9.17) is 20.4 Å². The smallest absolute Gasteiger partial charge is 0.311 e. The molecule has 1 amide bonds. The Bertz CT molecular complexity index is 1140. The molecule has 1 spiro atoms. The Balaban J connectivity index is 1.01. The van der Waals surface area contributed by atoms with Crippen molar-refractivity contribution in [1.29, 1.82) is 0 Å². The summed E-state index contributed by atoms with van der Waals surface area (Å²) in [5.74, 6) is 2.33. The number of nitrogens with zero attached hydrogens (tertiary/aromatic N) is 1. The monoisotopic (exact) mass is 458 g/mol. The Kier molecular flexibility index (Phi) is 4.63. The number of halogens is 1. The summed E-state index contributed by atoms with van der Waals surface area (Å²) >= 11 is 4.88. The van der Waals surface area contributed by atoms with Gasteiger partial charge in [0.15, 0.2) is 17.2 Å². The van der Waals surface area contributed by atoms with Crippen LogP contribution in [-0.4, -0.2) is 27.2 Å². The summed E-state index contributed by atoms with van der Waals surface area (Å²) in [7, 11) is 0. The molecule has 6 nitrogen and oxygen atoms in total. The first kappa shape index (κ1) is 19.7. The molecule has 3 aliphatic rings. The highest BCUT2D eigenvalue weighted by Crippen LogP contribution is 2.61. The number of furan rings is 1. The van der Waals surface area contributed by atoms with Gasteiger partial charge in [-0.2, -0.15) is 0 Å². The van der Waals surface area contributed by atoms with Crippen LogP contribution in [-0.2, 0) is 11.2 Å². The maximum absolute atomic E-state index is 12.5. The zero-order valence-electron chi connectivity index (χ0n) is 16.9. The number of carbonyl (C=O) groups is 1. The Morgan fingerprint density at radius 3 is 2.77 bits per heavy atom. The van der Waals surface area contributed by atoms with Gasteiger partial charge in [0.05, 0.1) is 0 Å². The second-order valence-corrected chi connectivity index (χ2v) is 11.3. The molecule has 0 unspecified atom stereocenters. The fraction of sp³-hybridized carbons (Fsp3) is 0.478. The van der Waals surface area contributed by atoms with Crippen LogP contribution in [0, 0.1) is 11.3 Å². The minimum Gasteiger partial charge on any atom is -0.609 e. The van der Waals surface area contributed by atoms with Gasteiger partial charge in [-0.1, -0.05) is 11.6 Å². The van der Waals surface area contributed by atoms with Gasteiger partial charge in [0.2, 0.25) is 0 Å². The van der Waals surface area contributed by atoms with Crippen LogP contribution in [0.2, 0.25) is 5.02 Å². The van der Waals surface area contributed by atoms with Crippen LogP contribution in [0.3, 0.4) is 0 Å². The zero-order chi connectivity index (χ0) is 21.2. The molecule has 3 aliphatic carbocycles. The lowest BCUT2D eigenvalue weighted by Crippen LogP contribution is -2.55. The Hall–Kier alpha value is -1.96. The molecule has 162 valence electrons. The molecule has 0 aliphatic heterocycles. The third kappa shape index (κ3) is 3.77. The molecule has 6 rings (SSSR count). The molecule has 3 fully saturated rings. The summed E-state index contributed by atoms with van der Waals surface area (Å²) in [6.45, 7) is 0. The molecule has 2 heterocycles. The molecule has 3 saturated carbocycles. The Labute approximate surface area is 187 Å². The topological polar surface area (TPSA) is 91.3 Å². The molecule has 1 aromatic carbocycles. The maximum Gasteiger partial charge on any atom is 0.311 e. The third-order valence-corrected chi connectivity index (χ3v) is 8.56. The fourth-order valence-corrected chi connectivity index (χ4v) is 6.57. The van der Waals surface area contributed by atoms with Crippen LogP contribution in [0.5, 0.6) is 0 Å². The highest BCUT2D eigenvalue weighted by Gasteiger charge is 2.54. The van der Waals surface area contributed by atoms with E-state index in [9.17, 15) is 9.35 Å². The molecular formula is C23H23ClN2O4S. The number of rotatable bonds is 6. The number of hydrogen-bond donors (Lipinski definition) is 1. The minimum absolute atomic E-state index is 0.154. The summed E-state index contributed by atoms with van der Waals surface area (Å²) in [6, 6.07) is 8.95. The molecule has 1 N–H and O–H groups in total. The first-order chi connectivity index (χ1) is 15.0. The van der Waals surface area contributed by atoms with Crippen LogP contribution >= 0.6 is 11.6 Å². The lowest BCUT2D eigenvalue weighted by Gasteiger charge is -2.57. The van der Waals surface area contributed by atoms with E-state index in [2.05, 4.69) is 10.3 Å². The van der Waals surface area contributed by atoms with Crippen molar-refractivity contribution < 1.29 is 18.2 Å². The van der Waals surface area contributed by atoms with E-state index in [0.29, 0.717) is 27.7 Å². The number of benzene rings is 1. The molecule has 1 atom stereocenters. The maximum atomic E-state index is 12.5. The van der Waals surface area contributed by atoms with E-state index in [1.807, 2.05) is 18.2 Å². The van der Waals surface area contributed by atoms with E-state index in [1.54, 1.807) is 12.1 Å². The SMILES string of the molecule is O=C(N[C@H]1CC2(C1)C[C@H](c1nc3cc(Cl)ccc3o1)C2)c1ccc([S@+]([O-])CC2CC2)o1. The molecule has 0 radical (unpaired) electrons. The first-order valence-corrected chi connectivity index (χ1v) is 12.5. The van der Waals surface area contributed by atoms with E-state index < -0.39 is 11.2 Å².